The molecule has 19 heavy (non-hydrogen) atoms. The van der Waals surface area contributed by atoms with E-state index in [9.17, 15) is 0 Å². The first-order chi connectivity index (χ1) is 9.26. The van der Waals surface area contributed by atoms with Gasteiger partial charge in [-0.25, -0.2) is 4.98 Å². The number of rotatable bonds is 5. The molecule has 2 aromatic rings. The maximum Gasteiger partial charge on any atom is 0.229 e. The van der Waals surface area contributed by atoms with Crippen LogP contribution in [-0.4, -0.2) is 18.1 Å². The Morgan fingerprint density at radius 1 is 1.47 bits per heavy atom. The molecule has 1 N–H and O–H groups in total. The summed E-state index contributed by atoms with van der Waals surface area (Å²) in [5.74, 6) is 1.22. The van der Waals surface area contributed by atoms with Gasteiger partial charge >= 0.3 is 0 Å². The van der Waals surface area contributed by atoms with Crippen LogP contribution in [0.1, 0.15) is 18.5 Å². The van der Waals surface area contributed by atoms with Gasteiger partial charge in [0.2, 0.25) is 5.89 Å². The van der Waals surface area contributed by atoms with Gasteiger partial charge in [-0.05, 0) is 31.0 Å². The third-order valence-corrected chi connectivity index (χ3v) is 3.33. The molecule has 1 aromatic carbocycles. The van der Waals surface area contributed by atoms with Crippen molar-refractivity contribution in [3.8, 4) is 17.2 Å². The predicted molar refractivity (Wildman–Crippen MR) is 73.4 cm³/mol. The highest BCUT2D eigenvalue weighted by molar-refractivity contribution is 6.30. The zero-order valence-electron chi connectivity index (χ0n) is 10.6. The molecule has 0 radical (unpaired) electrons. The molecule has 0 spiro atoms. The quantitative estimate of drug-likeness (QED) is 0.912. The van der Waals surface area contributed by atoms with Gasteiger partial charge < -0.3 is 14.5 Å². The van der Waals surface area contributed by atoms with Gasteiger partial charge in [0.15, 0.2) is 0 Å². The van der Waals surface area contributed by atoms with E-state index in [4.69, 9.17) is 20.8 Å². The molecule has 0 atom stereocenters. The molecule has 100 valence electrons. The van der Waals surface area contributed by atoms with Crippen LogP contribution in [0.5, 0.6) is 5.75 Å². The second-order valence-corrected chi connectivity index (χ2v) is 5.08. The zero-order valence-corrected chi connectivity index (χ0v) is 11.4. The SMILES string of the molecule is COc1cc(Cl)ccc1-c1nc(CNC2CC2)co1. The summed E-state index contributed by atoms with van der Waals surface area (Å²) < 4.78 is 10.8. The number of nitrogens with one attached hydrogen (secondary N) is 1. The van der Waals surface area contributed by atoms with Gasteiger partial charge in [-0.2, -0.15) is 0 Å². The van der Waals surface area contributed by atoms with Crippen molar-refractivity contribution in [1.29, 1.82) is 0 Å². The van der Waals surface area contributed by atoms with E-state index in [1.807, 2.05) is 6.07 Å². The highest BCUT2D eigenvalue weighted by Crippen LogP contribution is 2.31. The maximum atomic E-state index is 5.94. The second kappa shape index (κ2) is 5.23. The Labute approximate surface area is 116 Å². The fourth-order valence-electron chi connectivity index (χ4n) is 1.89. The van der Waals surface area contributed by atoms with E-state index in [0.29, 0.717) is 22.7 Å². The minimum Gasteiger partial charge on any atom is -0.496 e. The molecule has 0 bridgehead atoms. The van der Waals surface area contributed by atoms with E-state index in [1.54, 1.807) is 25.5 Å². The molecule has 0 amide bonds. The number of methoxy groups -OCH3 is 1. The summed E-state index contributed by atoms with van der Waals surface area (Å²) in [4.78, 5) is 4.47. The Kier molecular flexibility index (Phi) is 3.44. The van der Waals surface area contributed by atoms with Crippen LogP contribution >= 0.6 is 11.6 Å². The number of hydrogen-bond acceptors (Lipinski definition) is 4. The lowest BCUT2D eigenvalue weighted by Gasteiger charge is -2.05. The Hall–Kier alpha value is -1.52. The number of ether oxygens (including phenoxy) is 1. The molecule has 0 unspecified atom stereocenters. The van der Waals surface area contributed by atoms with E-state index in [0.717, 1.165) is 17.8 Å². The Balaban J connectivity index is 1.80. The summed E-state index contributed by atoms with van der Waals surface area (Å²) in [7, 11) is 1.60. The standard InChI is InChI=1S/C14H15ClN2O2/c1-18-13-6-9(15)2-5-12(13)14-17-11(8-19-14)7-16-10-3-4-10/h2,5-6,8,10,16H,3-4,7H2,1H3. The second-order valence-electron chi connectivity index (χ2n) is 4.64. The molecule has 3 rings (SSSR count). The average Bonchev–Trinajstić information content (AvgIpc) is 3.14. The normalized spacial score (nSPS) is 14.6. The van der Waals surface area contributed by atoms with E-state index >= 15 is 0 Å². The number of oxazole rings is 1. The average molecular weight is 279 g/mol. The van der Waals surface area contributed by atoms with Gasteiger partial charge in [-0.15, -0.1) is 0 Å². The van der Waals surface area contributed by atoms with Gasteiger partial charge in [0.25, 0.3) is 0 Å². The molecule has 1 aliphatic carbocycles. The first kappa shape index (κ1) is 12.5. The van der Waals surface area contributed by atoms with Crippen LogP contribution in [0.25, 0.3) is 11.5 Å². The number of nitrogens with zero attached hydrogens (tertiary/aromatic N) is 1. The fraction of sp³-hybridized carbons (Fsp3) is 0.357. The van der Waals surface area contributed by atoms with Crippen molar-refractivity contribution in [2.24, 2.45) is 0 Å². The summed E-state index contributed by atoms with van der Waals surface area (Å²) in [5.41, 5.74) is 1.71. The molecule has 1 aromatic heterocycles. The number of hydrogen-bond donors (Lipinski definition) is 1. The maximum absolute atomic E-state index is 5.94. The smallest absolute Gasteiger partial charge is 0.229 e. The van der Waals surface area contributed by atoms with Crippen molar-refractivity contribution in [1.82, 2.24) is 10.3 Å². The van der Waals surface area contributed by atoms with Crippen LogP contribution in [0.3, 0.4) is 0 Å². The highest BCUT2D eigenvalue weighted by Gasteiger charge is 2.21. The molecular formula is C14H15ClN2O2. The van der Waals surface area contributed by atoms with Crippen molar-refractivity contribution in [2.75, 3.05) is 7.11 Å². The van der Waals surface area contributed by atoms with Crippen molar-refractivity contribution >= 4 is 11.6 Å². The van der Waals surface area contributed by atoms with Crippen LogP contribution in [-0.2, 0) is 6.54 Å². The third-order valence-electron chi connectivity index (χ3n) is 3.09. The molecule has 5 heteroatoms. The van der Waals surface area contributed by atoms with E-state index in [-0.39, 0.29) is 0 Å². The lowest BCUT2D eigenvalue weighted by molar-refractivity contribution is 0.414. The first-order valence-corrected chi connectivity index (χ1v) is 6.66. The minimum atomic E-state index is 0.557. The summed E-state index contributed by atoms with van der Waals surface area (Å²) in [6.07, 6.45) is 4.20. The first-order valence-electron chi connectivity index (χ1n) is 6.28. The van der Waals surface area contributed by atoms with Crippen LogP contribution in [0.15, 0.2) is 28.9 Å². The van der Waals surface area contributed by atoms with Crippen LogP contribution < -0.4 is 10.1 Å². The molecule has 1 fully saturated rings. The zero-order chi connectivity index (χ0) is 13.2. The van der Waals surface area contributed by atoms with Gasteiger partial charge in [0.1, 0.15) is 12.0 Å². The molecule has 1 heterocycles. The molecule has 1 aliphatic rings. The molecule has 0 aliphatic heterocycles. The third kappa shape index (κ3) is 2.91. The van der Waals surface area contributed by atoms with Crippen molar-refractivity contribution in [3.63, 3.8) is 0 Å². The van der Waals surface area contributed by atoms with E-state index in [2.05, 4.69) is 10.3 Å². The van der Waals surface area contributed by atoms with Crippen molar-refractivity contribution in [3.05, 3.63) is 35.2 Å². The molecule has 4 nitrogen and oxygen atoms in total. The van der Waals surface area contributed by atoms with Crippen molar-refractivity contribution < 1.29 is 9.15 Å². The number of aromatic nitrogens is 1. The van der Waals surface area contributed by atoms with Crippen molar-refractivity contribution in [2.45, 2.75) is 25.4 Å². The van der Waals surface area contributed by atoms with Crippen LogP contribution in [0.2, 0.25) is 5.02 Å². The fourth-order valence-corrected chi connectivity index (χ4v) is 2.05. The van der Waals surface area contributed by atoms with Gasteiger partial charge in [0.05, 0.1) is 18.4 Å². The number of benzene rings is 1. The summed E-state index contributed by atoms with van der Waals surface area (Å²) in [5, 5.41) is 4.03. The monoisotopic (exact) mass is 278 g/mol. The lowest BCUT2D eigenvalue weighted by atomic mass is 10.2. The largest absolute Gasteiger partial charge is 0.496 e. The summed E-state index contributed by atoms with van der Waals surface area (Å²) in [6, 6.07) is 6.06. The highest BCUT2D eigenvalue weighted by atomic mass is 35.5. The lowest BCUT2D eigenvalue weighted by Crippen LogP contribution is -2.15. The number of halogens is 1. The van der Waals surface area contributed by atoms with E-state index < -0.39 is 0 Å². The van der Waals surface area contributed by atoms with Crippen LogP contribution in [0, 0.1) is 0 Å². The molecule has 0 saturated heterocycles. The molecular weight excluding hydrogens is 264 g/mol. The Morgan fingerprint density at radius 3 is 3.05 bits per heavy atom. The van der Waals surface area contributed by atoms with E-state index in [1.165, 1.54) is 12.8 Å². The summed E-state index contributed by atoms with van der Waals surface area (Å²) in [6.45, 7) is 0.740. The predicted octanol–water partition coefficient (Wildman–Crippen LogP) is 3.26. The Bertz CT molecular complexity index is 579. The van der Waals surface area contributed by atoms with Gasteiger partial charge in [-0.1, -0.05) is 11.6 Å². The van der Waals surface area contributed by atoms with Gasteiger partial charge in [0, 0.05) is 17.6 Å². The minimum absolute atomic E-state index is 0.557. The summed E-state index contributed by atoms with van der Waals surface area (Å²) >= 11 is 5.94. The van der Waals surface area contributed by atoms with Gasteiger partial charge in [-0.3, -0.25) is 0 Å². The molecule has 1 saturated carbocycles. The Morgan fingerprint density at radius 2 is 2.32 bits per heavy atom. The topological polar surface area (TPSA) is 47.3 Å². The van der Waals surface area contributed by atoms with Crippen LogP contribution in [0.4, 0.5) is 0 Å².